The van der Waals surface area contributed by atoms with Crippen LogP contribution in [-0.2, 0) is 14.2 Å². The SMILES string of the molecule is CCCCCCCCCCCCCCOCC(COC(=O)O)OC1CC[C@@]2(C)C(=CCC3C2CC[C@@]2(C)C3CC[C@@H]2[C@H](C)CCCC(C)C)C1. The Morgan fingerprint density at radius 1 is 0.820 bits per heavy atom. The second kappa shape index (κ2) is 21.0. The Hall–Kier alpha value is -1.07. The van der Waals surface area contributed by atoms with Crippen molar-refractivity contribution in [2.75, 3.05) is 19.8 Å². The molecule has 9 atom stereocenters. The average molecular weight is 701 g/mol. The van der Waals surface area contributed by atoms with E-state index in [1.165, 1.54) is 128 Å². The molecule has 4 aliphatic carbocycles. The molecule has 0 radical (unpaired) electrons. The number of carbonyl (C=O) groups is 1. The molecule has 4 aliphatic rings. The number of ether oxygens (including phenoxy) is 3. The molecule has 290 valence electrons. The topological polar surface area (TPSA) is 65.0 Å². The fourth-order valence-electron chi connectivity index (χ4n) is 11.6. The summed E-state index contributed by atoms with van der Waals surface area (Å²) in [4.78, 5) is 11.3. The lowest BCUT2D eigenvalue weighted by Crippen LogP contribution is -2.51. The van der Waals surface area contributed by atoms with E-state index >= 15 is 0 Å². The monoisotopic (exact) mass is 701 g/mol. The lowest BCUT2D eigenvalue weighted by Gasteiger charge is -2.58. The van der Waals surface area contributed by atoms with Crippen LogP contribution in [0.25, 0.3) is 0 Å². The highest BCUT2D eigenvalue weighted by atomic mass is 16.7. The third kappa shape index (κ3) is 11.7. The summed E-state index contributed by atoms with van der Waals surface area (Å²) in [7, 11) is 0. The van der Waals surface area contributed by atoms with Crippen LogP contribution in [0.4, 0.5) is 4.79 Å². The van der Waals surface area contributed by atoms with E-state index in [9.17, 15) is 9.90 Å². The van der Waals surface area contributed by atoms with Gasteiger partial charge >= 0.3 is 6.16 Å². The van der Waals surface area contributed by atoms with Crippen LogP contribution in [0.5, 0.6) is 0 Å². The summed E-state index contributed by atoms with van der Waals surface area (Å²) >= 11 is 0. The van der Waals surface area contributed by atoms with Crippen molar-refractivity contribution in [3.05, 3.63) is 11.6 Å². The van der Waals surface area contributed by atoms with Gasteiger partial charge in [0.1, 0.15) is 12.7 Å². The number of hydrogen-bond donors (Lipinski definition) is 1. The van der Waals surface area contributed by atoms with E-state index in [1.807, 2.05) is 0 Å². The quantitative estimate of drug-likeness (QED) is 0.0617. The van der Waals surface area contributed by atoms with Gasteiger partial charge in [0.2, 0.25) is 0 Å². The first-order chi connectivity index (χ1) is 24.1. The van der Waals surface area contributed by atoms with E-state index in [0.29, 0.717) is 18.6 Å². The van der Waals surface area contributed by atoms with Crippen molar-refractivity contribution < 1.29 is 24.1 Å². The molecule has 4 rings (SSSR count). The van der Waals surface area contributed by atoms with E-state index < -0.39 is 6.16 Å². The number of fused-ring (bicyclic) bond motifs is 5. The van der Waals surface area contributed by atoms with E-state index in [1.54, 1.807) is 5.57 Å². The van der Waals surface area contributed by atoms with Crippen molar-refractivity contribution in [1.29, 1.82) is 0 Å². The van der Waals surface area contributed by atoms with Gasteiger partial charge in [-0.05, 0) is 104 Å². The second-order valence-corrected chi connectivity index (χ2v) is 18.5. The largest absolute Gasteiger partial charge is 0.505 e. The first-order valence-corrected chi connectivity index (χ1v) is 21.9. The van der Waals surface area contributed by atoms with Crippen molar-refractivity contribution in [2.45, 2.75) is 201 Å². The van der Waals surface area contributed by atoms with Gasteiger partial charge in [-0.3, -0.25) is 0 Å². The summed E-state index contributed by atoms with van der Waals surface area (Å²) in [6, 6.07) is 0. The smallest absolute Gasteiger partial charge is 0.450 e. The number of unbranched alkanes of at least 4 members (excludes halogenated alkanes) is 11. The van der Waals surface area contributed by atoms with Crippen LogP contribution in [0.2, 0.25) is 0 Å². The van der Waals surface area contributed by atoms with Gasteiger partial charge in [0.05, 0.1) is 12.7 Å². The van der Waals surface area contributed by atoms with Crippen molar-refractivity contribution in [2.24, 2.45) is 46.3 Å². The van der Waals surface area contributed by atoms with E-state index in [4.69, 9.17) is 14.2 Å². The zero-order chi connectivity index (χ0) is 36.0. The highest BCUT2D eigenvalue weighted by Crippen LogP contribution is 2.67. The van der Waals surface area contributed by atoms with E-state index in [-0.39, 0.29) is 24.2 Å². The molecule has 0 aromatic rings. The average Bonchev–Trinajstić information content (AvgIpc) is 3.44. The number of rotatable bonds is 24. The molecule has 0 amide bonds. The van der Waals surface area contributed by atoms with Crippen molar-refractivity contribution in [3.8, 4) is 0 Å². The van der Waals surface area contributed by atoms with Crippen LogP contribution < -0.4 is 0 Å². The Bertz CT molecular complexity index is 1010. The maximum absolute atomic E-state index is 11.3. The summed E-state index contributed by atoms with van der Waals surface area (Å²) in [6.07, 6.45) is 31.3. The summed E-state index contributed by atoms with van der Waals surface area (Å²) in [5.74, 6) is 5.07. The van der Waals surface area contributed by atoms with Gasteiger partial charge in [0.25, 0.3) is 0 Å². The minimum atomic E-state index is -1.24. The van der Waals surface area contributed by atoms with Crippen LogP contribution in [-0.4, -0.2) is 43.3 Å². The standard InChI is InChI=1S/C45H80O5/c1-7-8-9-10-11-12-13-14-15-16-17-18-30-48-32-38(33-49-43(46)47)50-37-26-28-44(5)36(31-37)22-23-39-41-25-24-40(35(4)21-19-20-34(2)3)45(41,6)29-27-42(39)44/h22,34-35,37-42H,7-21,23-33H2,1-6H3,(H,46,47)/t35-,37?,38?,39?,40-,41?,42?,44+,45-/m1/s1. The van der Waals surface area contributed by atoms with Gasteiger partial charge < -0.3 is 19.3 Å². The lowest BCUT2D eigenvalue weighted by molar-refractivity contribution is -0.105. The van der Waals surface area contributed by atoms with Crippen molar-refractivity contribution >= 4 is 6.16 Å². The molecule has 0 bridgehead atoms. The van der Waals surface area contributed by atoms with Gasteiger partial charge in [-0.1, -0.05) is 143 Å². The maximum Gasteiger partial charge on any atom is 0.505 e. The predicted molar refractivity (Wildman–Crippen MR) is 208 cm³/mol. The summed E-state index contributed by atoms with van der Waals surface area (Å²) < 4.78 is 17.7. The Morgan fingerprint density at radius 2 is 1.50 bits per heavy atom. The molecule has 5 nitrogen and oxygen atoms in total. The van der Waals surface area contributed by atoms with Gasteiger partial charge in [-0.2, -0.15) is 0 Å². The first-order valence-electron chi connectivity index (χ1n) is 21.9. The van der Waals surface area contributed by atoms with Crippen LogP contribution in [0.3, 0.4) is 0 Å². The van der Waals surface area contributed by atoms with Crippen molar-refractivity contribution in [1.82, 2.24) is 0 Å². The maximum atomic E-state index is 11.3. The van der Waals surface area contributed by atoms with Crippen LogP contribution in [0.15, 0.2) is 11.6 Å². The van der Waals surface area contributed by atoms with Crippen molar-refractivity contribution in [3.63, 3.8) is 0 Å². The third-order valence-corrected chi connectivity index (χ3v) is 14.5. The molecule has 0 aromatic heterocycles. The van der Waals surface area contributed by atoms with Crippen LogP contribution in [0, 0.1) is 46.3 Å². The van der Waals surface area contributed by atoms with Gasteiger partial charge in [-0.15, -0.1) is 0 Å². The summed E-state index contributed by atoms with van der Waals surface area (Å²) in [5.41, 5.74) is 2.42. The predicted octanol–water partition coefficient (Wildman–Crippen LogP) is 13.2. The molecule has 5 unspecified atom stereocenters. The minimum Gasteiger partial charge on any atom is -0.450 e. The Labute approximate surface area is 308 Å². The molecule has 0 aromatic carbocycles. The molecular weight excluding hydrogens is 620 g/mol. The molecule has 3 saturated carbocycles. The highest BCUT2D eigenvalue weighted by molar-refractivity contribution is 5.56. The lowest BCUT2D eigenvalue weighted by atomic mass is 9.47. The molecule has 0 spiro atoms. The van der Waals surface area contributed by atoms with Gasteiger partial charge in [0, 0.05) is 6.61 Å². The fourth-order valence-corrected chi connectivity index (χ4v) is 11.6. The molecule has 0 heterocycles. The molecule has 3 fully saturated rings. The fraction of sp³-hybridized carbons (Fsp3) is 0.933. The normalized spacial score (nSPS) is 31.8. The first kappa shape index (κ1) is 41.7. The zero-order valence-corrected chi connectivity index (χ0v) is 33.7. The third-order valence-electron chi connectivity index (χ3n) is 14.5. The van der Waals surface area contributed by atoms with Gasteiger partial charge in [-0.25, -0.2) is 4.79 Å². The molecule has 5 heteroatoms. The molecule has 0 aliphatic heterocycles. The Morgan fingerprint density at radius 3 is 2.16 bits per heavy atom. The van der Waals surface area contributed by atoms with E-state index in [2.05, 4.69) is 47.6 Å². The number of allylic oxidation sites excluding steroid dienone is 1. The van der Waals surface area contributed by atoms with Crippen LogP contribution in [0.1, 0.15) is 189 Å². The van der Waals surface area contributed by atoms with Crippen LogP contribution >= 0.6 is 0 Å². The molecule has 50 heavy (non-hydrogen) atoms. The number of carboxylic acid groups (broad SMARTS) is 1. The Balaban J connectivity index is 1.20. The second-order valence-electron chi connectivity index (χ2n) is 18.5. The molecule has 1 N–H and O–H groups in total. The molecular formula is C45H80O5. The summed E-state index contributed by atoms with van der Waals surface area (Å²) in [6.45, 7) is 16.0. The number of hydrogen-bond acceptors (Lipinski definition) is 4. The van der Waals surface area contributed by atoms with E-state index in [0.717, 1.165) is 54.8 Å². The Kier molecular flexibility index (Phi) is 17.5. The van der Waals surface area contributed by atoms with Gasteiger partial charge in [0.15, 0.2) is 0 Å². The molecule has 0 saturated heterocycles. The highest BCUT2D eigenvalue weighted by Gasteiger charge is 2.59. The minimum absolute atomic E-state index is 0.0443. The summed E-state index contributed by atoms with van der Waals surface area (Å²) in [5, 5.41) is 9.22. The zero-order valence-electron chi connectivity index (χ0n) is 33.7.